The summed E-state index contributed by atoms with van der Waals surface area (Å²) in [5.41, 5.74) is 5.72. The van der Waals surface area contributed by atoms with Crippen LogP contribution >= 0.6 is 23.2 Å². The molecule has 0 fully saturated rings. The Balaban J connectivity index is 1.77. The fraction of sp³-hybridized carbons (Fsp3) is 0.241. The number of anilines is 1. The molecule has 0 radical (unpaired) electrons. The molecule has 0 spiro atoms. The van der Waals surface area contributed by atoms with Gasteiger partial charge in [0.05, 0.1) is 35.4 Å². The molecule has 1 unspecified atom stereocenters. The smallest absolute Gasteiger partial charge is 0.234 e. The van der Waals surface area contributed by atoms with Crippen molar-refractivity contribution in [3.8, 4) is 0 Å². The summed E-state index contributed by atoms with van der Waals surface area (Å²) < 4.78 is 17.4. The molecule has 0 bridgehead atoms. The van der Waals surface area contributed by atoms with Gasteiger partial charge < -0.3 is 0 Å². The van der Waals surface area contributed by atoms with Gasteiger partial charge in [-0.2, -0.15) is 5.10 Å². The number of nitrogens with zero attached hydrogens (tertiary/aromatic N) is 3. The molecule has 3 aromatic carbocycles. The molecule has 184 valence electrons. The highest BCUT2D eigenvalue weighted by Gasteiger charge is 2.41. The van der Waals surface area contributed by atoms with Crippen molar-refractivity contribution in [2.45, 2.75) is 45.7 Å². The summed E-state index contributed by atoms with van der Waals surface area (Å²) in [5.74, 6) is -0.739. The van der Waals surface area contributed by atoms with Gasteiger partial charge in [0.2, 0.25) is 5.91 Å². The Labute approximate surface area is 220 Å². The molecule has 1 atom stereocenters. The van der Waals surface area contributed by atoms with Gasteiger partial charge in [-0.3, -0.25) is 14.4 Å². The third-order valence-electron chi connectivity index (χ3n) is 6.66. The van der Waals surface area contributed by atoms with E-state index in [4.69, 9.17) is 28.3 Å². The first kappa shape index (κ1) is 24.5. The normalized spacial score (nSPS) is 15.5. The zero-order valence-electron chi connectivity index (χ0n) is 20.3. The standard InChI is InChI=1S/C29H26Cl2FN3O/c1-17(2)28-26-23(33-34(28)16-19-8-5-4-6-9-19)15-25(36)35(24-11-7-10-22(31)27(24)32)29(26)21-13-12-20(30)14-18(21)3/h4-14,17,29H,15-16H2,1-3H3. The van der Waals surface area contributed by atoms with Gasteiger partial charge in [-0.05, 0) is 53.8 Å². The minimum atomic E-state index is -0.615. The fourth-order valence-corrected chi connectivity index (χ4v) is 5.54. The SMILES string of the molecule is Cc1cc(Cl)ccc1C1c2c(nn(Cc3ccccc3)c2C(C)C)CC(=O)N1c1cccc(Cl)c1F. The number of benzene rings is 3. The lowest BCUT2D eigenvalue weighted by molar-refractivity contribution is -0.118. The predicted octanol–water partition coefficient (Wildman–Crippen LogP) is 7.49. The Kier molecular flexibility index (Phi) is 6.62. The fourth-order valence-electron chi connectivity index (χ4n) is 5.15. The van der Waals surface area contributed by atoms with Gasteiger partial charge in [0, 0.05) is 16.3 Å². The van der Waals surface area contributed by atoms with Crippen molar-refractivity contribution in [3.05, 3.63) is 116 Å². The second kappa shape index (κ2) is 9.72. The Morgan fingerprint density at radius 2 is 1.81 bits per heavy atom. The molecule has 7 heteroatoms. The highest BCUT2D eigenvalue weighted by Crippen LogP contribution is 2.45. The molecule has 1 aromatic heterocycles. The number of aryl methyl sites for hydroxylation is 1. The van der Waals surface area contributed by atoms with Crippen LogP contribution in [0.25, 0.3) is 0 Å². The van der Waals surface area contributed by atoms with Crippen molar-refractivity contribution >= 4 is 34.8 Å². The zero-order valence-corrected chi connectivity index (χ0v) is 21.8. The lowest BCUT2D eigenvalue weighted by Crippen LogP contribution is -2.42. The van der Waals surface area contributed by atoms with E-state index in [1.807, 2.05) is 41.9 Å². The van der Waals surface area contributed by atoms with E-state index in [1.165, 1.54) is 6.07 Å². The van der Waals surface area contributed by atoms with E-state index < -0.39 is 11.9 Å². The van der Waals surface area contributed by atoms with Gasteiger partial charge in [-0.15, -0.1) is 0 Å². The number of hydrogen-bond donors (Lipinski definition) is 0. The van der Waals surface area contributed by atoms with Crippen molar-refractivity contribution < 1.29 is 9.18 Å². The van der Waals surface area contributed by atoms with Gasteiger partial charge >= 0.3 is 0 Å². The van der Waals surface area contributed by atoms with Crippen LogP contribution < -0.4 is 4.90 Å². The van der Waals surface area contributed by atoms with Crippen LogP contribution in [0.5, 0.6) is 0 Å². The van der Waals surface area contributed by atoms with Crippen molar-refractivity contribution in [2.24, 2.45) is 0 Å². The monoisotopic (exact) mass is 521 g/mol. The summed E-state index contributed by atoms with van der Waals surface area (Å²) in [7, 11) is 0. The maximum absolute atomic E-state index is 15.4. The molecule has 0 saturated carbocycles. The van der Waals surface area contributed by atoms with E-state index >= 15 is 4.39 Å². The van der Waals surface area contributed by atoms with E-state index in [0.29, 0.717) is 11.6 Å². The van der Waals surface area contributed by atoms with Gasteiger partial charge in [-0.25, -0.2) is 4.39 Å². The Hall–Kier alpha value is -3.15. The second-order valence-electron chi connectivity index (χ2n) is 9.46. The first-order valence-electron chi connectivity index (χ1n) is 11.9. The second-order valence-corrected chi connectivity index (χ2v) is 10.3. The molecule has 36 heavy (non-hydrogen) atoms. The molecule has 0 aliphatic carbocycles. The van der Waals surface area contributed by atoms with Crippen molar-refractivity contribution in [1.82, 2.24) is 9.78 Å². The average molecular weight is 522 g/mol. The Bertz CT molecular complexity index is 1450. The molecule has 4 nitrogen and oxygen atoms in total. The summed E-state index contributed by atoms with van der Waals surface area (Å²) in [6.07, 6.45) is 0.0753. The molecule has 1 aliphatic rings. The van der Waals surface area contributed by atoms with Crippen LogP contribution in [-0.2, 0) is 17.8 Å². The minimum absolute atomic E-state index is 0.0264. The molecular formula is C29H26Cl2FN3O. The Morgan fingerprint density at radius 1 is 1.06 bits per heavy atom. The van der Waals surface area contributed by atoms with Gasteiger partial charge in [0.15, 0.2) is 5.82 Å². The first-order chi connectivity index (χ1) is 17.3. The van der Waals surface area contributed by atoms with E-state index in [0.717, 1.165) is 33.6 Å². The van der Waals surface area contributed by atoms with Crippen molar-refractivity contribution in [2.75, 3.05) is 4.90 Å². The molecular weight excluding hydrogens is 496 g/mol. The number of rotatable bonds is 5. The van der Waals surface area contributed by atoms with Crippen LogP contribution in [0, 0.1) is 12.7 Å². The maximum atomic E-state index is 15.4. The number of halogens is 3. The number of carbonyl (C=O) groups excluding carboxylic acids is 1. The number of fused-ring (bicyclic) bond motifs is 1. The van der Waals surface area contributed by atoms with Crippen LogP contribution in [0.4, 0.5) is 10.1 Å². The lowest BCUT2D eigenvalue weighted by Gasteiger charge is -2.37. The van der Waals surface area contributed by atoms with Crippen LogP contribution in [0.3, 0.4) is 0 Å². The lowest BCUT2D eigenvalue weighted by atomic mass is 9.85. The number of carbonyl (C=O) groups is 1. The van der Waals surface area contributed by atoms with Crippen LogP contribution in [0.2, 0.25) is 10.0 Å². The van der Waals surface area contributed by atoms with E-state index in [-0.39, 0.29) is 29.0 Å². The average Bonchev–Trinajstić information content (AvgIpc) is 3.19. The highest BCUT2D eigenvalue weighted by molar-refractivity contribution is 6.31. The topological polar surface area (TPSA) is 38.1 Å². The molecule has 4 aromatic rings. The van der Waals surface area contributed by atoms with Crippen LogP contribution in [0.1, 0.15) is 59.4 Å². The van der Waals surface area contributed by atoms with E-state index in [2.05, 4.69) is 26.0 Å². The van der Waals surface area contributed by atoms with Crippen LogP contribution in [-0.4, -0.2) is 15.7 Å². The van der Waals surface area contributed by atoms with Crippen molar-refractivity contribution in [1.29, 1.82) is 0 Å². The largest absolute Gasteiger partial charge is 0.297 e. The number of amides is 1. The first-order valence-corrected chi connectivity index (χ1v) is 12.7. The quantitative estimate of drug-likeness (QED) is 0.273. The molecule has 2 heterocycles. The third-order valence-corrected chi connectivity index (χ3v) is 7.19. The minimum Gasteiger partial charge on any atom is -0.297 e. The predicted molar refractivity (Wildman–Crippen MR) is 142 cm³/mol. The van der Waals surface area contributed by atoms with Gasteiger partial charge in [0.1, 0.15) is 0 Å². The molecule has 0 saturated heterocycles. The molecule has 1 aliphatic heterocycles. The number of aromatic nitrogens is 2. The van der Waals surface area contributed by atoms with E-state index in [9.17, 15) is 4.79 Å². The summed E-state index contributed by atoms with van der Waals surface area (Å²) in [6.45, 7) is 6.76. The van der Waals surface area contributed by atoms with Gasteiger partial charge in [-0.1, -0.05) is 79.5 Å². The number of hydrogen-bond acceptors (Lipinski definition) is 2. The van der Waals surface area contributed by atoms with Crippen LogP contribution in [0.15, 0.2) is 66.7 Å². The van der Waals surface area contributed by atoms with E-state index in [1.54, 1.807) is 23.1 Å². The Morgan fingerprint density at radius 3 is 2.50 bits per heavy atom. The highest BCUT2D eigenvalue weighted by atomic mass is 35.5. The summed E-state index contributed by atoms with van der Waals surface area (Å²) in [5, 5.41) is 5.51. The molecule has 1 amide bonds. The third kappa shape index (κ3) is 4.31. The zero-order chi connectivity index (χ0) is 25.6. The molecule has 5 rings (SSSR count). The summed E-state index contributed by atoms with van der Waals surface area (Å²) in [4.78, 5) is 15.2. The molecule has 0 N–H and O–H groups in total. The van der Waals surface area contributed by atoms with Gasteiger partial charge in [0.25, 0.3) is 0 Å². The summed E-state index contributed by atoms with van der Waals surface area (Å²) in [6, 6.07) is 19.9. The maximum Gasteiger partial charge on any atom is 0.234 e. The van der Waals surface area contributed by atoms with Crippen molar-refractivity contribution in [3.63, 3.8) is 0 Å². The summed E-state index contributed by atoms with van der Waals surface area (Å²) >= 11 is 12.4.